The molecule has 1 aliphatic rings. The van der Waals surface area contributed by atoms with E-state index in [4.69, 9.17) is 0 Å². The first-order valence-electron chi connectivity index (χ1n) is 5.95. The lowest BCUT2D eigenvalue weighted by Gasteiger charge is -2.17. The Bertz CT molecular complexity index is 489. The van der Waals surface area contributed by atoms with E-state index in [-0.39, 0.29) is 6.04 Å². The highest BCUT2D eigenvalue weighted by Gasteiger charge is 2.32. The van der Waals surface area contributed by atoms with Crippen molar-refractivity contribution in [2.24, 2.45) is 0 Å². The van der Waals surface area contributed by atoms with Gasteiger partial charge in [-0.15, -0.1) is 0 Å². The Labute approximate surface area is 102 Å². The fourth-order valence-electron chi connectivity index (χ4n) is 1.87. The van der Waals surface area contributed by atoms with E-state index in [2.05, 4.69) is 9.71 Å². The molecule has 0 aromatic carbocycles. The van der Waals surface area contributed by atoms with E-state index in [1.807, 2.05) is 24.6 Å². The Morgan fingerprint density at radius 3 is 2.59 bits per heavy atom. The Morgan fingerprint density at radius 1 is 1.41 bits per heavy atom. The molecule has 2 rings (SSSR count). The van der Waals surface area contributed by atoms with Gasteiger partial charge in [0.1, 0.15) is 11.1 Å². The van der Waals surface area contributed by atoms with Gasteiger partial charge in [-0.25, -0.2) is 18.1 Å². The summed E-state index contributed by atoms with van der Waals surface area (Å²) in [7, 11) is -3.34. The maximum atomic E-state index is 12.1. The summed E-state index contributed by atoms with van der Waals surface area (Å²) in [6.45, 7) is 5.32. The zero-order valence-corrected chi connectivity index (χ0v) is 11.2. The zero-order valence-electron chi connectivity index (χ0n) is 10.4. The molecule has 0 spiro atoms. The topological polar surface area (TPSA) is 64.0 Å². The molecule has 0 bridgehead atoms. The second-order valence-electron chi connectivity index (χ2n) is 4.88. The molecule has 0 amide bonds. The number of aromatic nitrogens is 2. The zero-order chi connectivity index (χ0) is 12.6. The Kier molecular flexibility index (Phi) is 3.27. The van der Waals surface area contributed by atoms with Crippen LogP contribution in [0.5, 0.6) is 0 Å². The van der Waals surface area contributed by atoms with E-state index in [0.29, 0.717) is 11.9 Å². The van der Waals surface area contributed by atoms with Crippen LogP contribution in [0, 0.1) is 0 Å². The first-order chi connectivity index (χ1) is 7.92. The van der Waals surface area contributed by atoms with E-state index < -0.39 is 15.3 Å². The van der Waals surface area contributed by atoms with Gasteiger partial charge in [0, 0.05) is 24.5 Å². The molecule has 1 atom stereocenters. The highest BCUT2D eigenvalue weighted by Crippen LogP contribution is 2.37. The number of nitrogens with one attached hydrogen (secondary N) is 1. The number of imidazole rings is 1. The predicted octanol–water partition coefficient (Wildman–Crippen LogP) is 1.61. The van der Waals surface area contributed by atoms with Crippen molar-refractivity contribution in [3.05, 3.63) is 18.2 Å². The quantitative estimate of drug-likeness (QED) is 0.871. The van der Waals surface area contributed by atoms with Crippen LogP contribution in [0.15, 0.2) is 12.4 Å². The molecule has 1 N–H and O–H groups in total. The van der Waals surface area contributed by atoms with Gasteiger partial charge in [-0.2, -0.15) is 0 Å². The molecule has 1 fully saturated rings. The second kappa shape index (κ2) is 4.42. The molecule has 0 saturated heterocycles. The van der Waals surface area contributed by atoms with Gasteiger partial charge in [0.05, 0.1) is 0 Å². The van der Waals surface area contributed by atoms with E-state index in [9.17, 15) is 8.42 Å². The maximum absolute atomic E-state index is 12.1. The van der Waals surface area contributed by atoms with Gasteiger partial charge in [0.25, 0.3) is 0 Å². The molecule has 96 valence electrons. The molecule has 6 heteroatoms. The molecular formula is C11H19N3O2S. The molecule has 0 aliphatic heterocycles. The summed E-state index contributed by atoms with van der Waals surface area (Å²) in [5.41, 5.74) is 0. The van der Waals surface area contributed by atoms with Crippen molar-refractivity contribution < 1.29 is 8.42 Å². The minimum absolute atomic E-state index is 0.0909. The number of hydrogen-bond acceptors (Lipinski definition) is 3. The van der Waals surface area contributed by atoms with Crippen molar-refractivity contribution >= 4 is 10.0 Å². The Morgan fingerprint density at radius 2 is 2.06 bits per heavy atom. The summed E-state index contributed by atoms with van der Waals surface area (Å²) in [5, 5.41) is -0.611. The van der Waals surface area contributed by atoms with Crippen LogP contribution in [0.2, 0.25) is 0 Å². The summed E-state index contributed by atoms with van der Waals surface area (Å²) >= 11 is 0. The van der Waals surface area contributed by atoms with E-state index >= 15 is 0 Å². The monoisotopic (exact) mass is 257 g/mol. The van der Waals surface area contributed by atoms with Crippen LogP contribution in [0.3, 0.4) is 0 Å². The van der Waals surface area contributed by atoms with Gasteiger partial charge in [-0.1, -0.05) is 0 Å². The smallest absolute Gasteiger partial charge is 0.221 e. The number of nitrogens with zero attached hydrogens (tertiary/aromatic N) is 2. The van der Waals surface area contributed by atoms with Crippen molar-refractivity contribution in [1.82, 2.24) is 14.3 Å². The minimum Gasteiger partial charge on any atom is -0.331 e. The third kappa shape index (κ3) is 2.69. The van der Waals surface area contributed by atoms with Crippen LogP contribution in [0.25, 0.3) is 0 Å². The average molecular weight is 257 g/mol. The van der Waals surface area contributed by atoms with Crippen LogP contribution in [0.1, 0.15) is 50.7 Å². The van der Waals surface area contributed by atoms with E-state index in [1.165, 1.54) is 0 Å². The van der Waals surface area contributed by atoms with E-state index in [1.54, 1.807) is 13.1 Å². The SMILES string of the molecule is CC(C)NS(=O)(=O)[C@@H](C)c1nccn1C1CC1. The van der Waals surface area contributed by atoms with E-state index in [0.717, 1.165) is 12.8 Å². The van der Waals surface area contributed by atoms with Gasteiger partial charge in [-0.05, 0) is 33.6 Å². The summed E-state index contributed by atoms with van der Waals surface area (Å²) in [6, 6.07) is 0.357. The highest BCUT2D eigenvalue weighted by molar-refractivity contribution is 7.89. The minimum atomic E-state index is -3.34. The van der Waals surface area contributed by atoms with Crippen LogP contribution >= 0.6 is 0 Å². The second-order valence-corrected chi connectivity index (χ2v) is 6.92. The average Bonchev–Trinajstić information content (AvgIpc) is 2.93. The summed E-state index contributed by atoms with van der Waals surface area (Å²) < 4.78 is 28.7. The number of rotatable bonds is 5. The molecule has 1 aliphatic carbocycles. The van der Waals surface area contributed by atoms with Gasteiger partial charge < -0.3 is 4.57 Å². The number of sulfonamides is 1. The summed E-state index contributed by atoms with van der Waals surface area (Å²) in [4.78, 5) is 4.19. The molecule has 5 nitrogen and oxygen atoms in total. The van der Waals surface area contributed by atoms with Crippen LogP contribution in [-0.4, -0.2) is 24.0 Å². The van der Waals surface area contributed by atoms with Crippen molar-refractivity contribution in [3.8, 4) is 0 Å². The summed E-state index contributed by atoms with van der Waals surface area (Å²) in [6.07, 6.45) is 5.78. The van der Waals surface area contributed by atoms with Crippen LogP contribution < -0.4 is 4.72 Å². The van der Waals surface area contributed by atoms with Gasteiger partial charge in [-0.3, -0.25) is 0 Å². The number of hydrogen-bond donors (Lipinski definition) is 1. The Balaban J connectivity index is 2.24. The molecule has 1 aromatic heterocycles. The summed E-state index contributed by atoms with van der Waals surface area (Å²) in [5.74, 6) is 0.639. The first kappa shape index (κ1) is 12.6. The first-order valence-corrected chi connectivity index (χ1v) is 7.50. The Hall–Kier alpha value is -0.880. The normalized spacial score (nSPS) is 18.6. The maximum Gasteiger partial charge on any atom is 0.221 e. The van der Waals surface area contributed by atoms with Gasteiger partial charge in [0.15, 0.2) is 0 Å². The lowest BCUT2D eigenvalue weighted by atomic mass is 10.4. The predicted molar refractivity (Wildman–Crippen MR) is 66.1 cm³/mol. The van der Waals surface area contributed by atoms with Crippen molar-refractivity contribution in [2.75, 3.05) is 0 Å². The third-order valence-electron chi connectivity index (χ3n) is 2.87. The molecule has 0 unspecified atom stereocenters. The lowest BCUT2D eigenvalue weighted by Crippen LogP contribution is -2.34. The molecule has 17 heavy (non-hydrogen) atoms. The van der Waals surface area contributed by atoms with Crippen molar-refractivity contribution in [2.45, 2.75) is 50.9 Å². The third-order valence-corrected chi connectivity index (χ3v) is 4.81. The molecule has 1 heterocycles. The highest BCUT2D eigenvalue weighted by atomic mass is 32.2. The van der Waals surface area contributed by atoms with Crippen LogP contribution in [0.4, 0.5) is 0 Å². The molecule has 0 radical (unpaired) electrons. The largest absolute Gasteiger partial charge is 0.331 e. The lowest BCUT2D eigenvalue weighted by molar-refractivity contribution is 0.551. The van der Waals surface area contributed by atoms with Gasteiger partial charge >= 0.3 is 0 Å². The fraction of sp³-hybridized carbons (Fsp3) is 0.727. The van der Waals surface area contributed by atoms with Gasteiger partial charge in [0.2, 0.25) is 10.0 Å². The van der Waals surface area contributed by atoms with Crippen molar-refractivity contribution in [3.63, 3.8) is 0 Å². The molecule has 1 saturated carbocycles. The van der Waals surface area contributed by atoms with Crippen LogP contribution in [-0.2, 0) is 10.0 Å². The fourth-order valence-corrected chi connectivity index (χ4v) is 3.19. The molecular weight excluding hydrogens is 238 g/mol. The molecule has 1 aromatic rings. The van der Waals surface area contributed by atoms with Crippen molar-refractivity contribution in [1.29, 1.82) is 0 Å². The standard InChI is InChI=1S/C11H19N3O2S/c1-8(2)13-17(15,16)9(3)11-12-6-7-14(11)10-4-5-10/h6-10,13H,4-5H2,1-3H3/t9-/m0/s1.